The van der Waals surface area contributed by atoms with Crippen LogP contribution in [0.2, 0.25) is 0 Å². The van der Waals surface area contributed by atoms with Crippen molar-refractivity contribution in [2.24, 2.45) is 0 Å². The van der Waals surface area contributed by atoms with E-state index < -0.39 is 11.9 Å². The van der Waals surface area contributed by atoms with Gasteiger partial charge in [-0.15, -0.1) is 5.06 Å². The van der Waals surface area contributed by atoms with E-state index in [9.17, 15) is 9.59 Å². The fourth-order valence-corrected chi connectivity index (χ4v) is 1.43. The summed E-state index contributed by atoms with van der Waals surface area (Å²) in [5, 5.41) is 10.2. The SMILES string of the molecule is CCc1cc(C(=O)O)ccc1C(=O)ON(C)C. The number of carboxylic acid groups (broad SMARTS) is 1. The van der Waals surface area contributed by atoms with Crippen LogP contribution >= 0.6 is 0 Å². The first-order valence-electron chi connectivity index (χ1n) is 5.21. The summed E-state index contributed by atoms with van der Waals surface area (Å²) in [5.74, 6) is -1.49. The number of hydroxylamine groups is 2. The summed E-state index contributed by atoms with van der Waals surface area (Å²) < 4.78 is 0. The lowest BCUT2D eigenvalue weighted by Gasteiger charge is -2.12. The largest absolute Gasteiger partial charge is 0.478 e. The third-order valence-corrected chi connectivity index (χ3v) is 2.22. The fourth-order valence-electron chi connectivity index (χ4n) is 1.43. The van der Waals surface area contributed by atoms with E-state index in [1.54, 1.807) is 14.1 Å². The molecule has 0 saturated carbocycles. The maximum Gasteiger partial charge on any atom is 0.357 e. The molecule has 0 aromatic heterocycles. The Labute approximate surface area is 99.6 Å². The zero-order chi connectivity index (χ0) is 13.0. The van der Waals surface area contributed by atoms with Gasteiger partial charge in [-0.3, -0.25) is 0 Å². The average Bonchev–Trinajstić information content (AvgIpc) is 2.27. The molecule has 0 heterocycles. The fraction of sp³-hybridized carbons (Fsp3) is 0.333. The number of benzene rings is 1. The number of carboxylic acids is 1. The predicted molar refractivity (Wildman–Crippen MR) is 61.9 cm³/mol. The van der Waals surface area contributed by atoms with E-state index in [-0.39, 0.29) is 5.56 Å². The van der Waals surface area contributed by atoms with Gasteiger partial charge in [0.2, 0.25) is 0 Å². The first-order chi connectivity index (χ1) is 7.95. The smallest absolute Gasteiger partial charge is 0.357 e. The molecule has 0 amide bonds. The first kappa shape index (κ1) is 13.2. The molecule has 0 spiro atoms. The van der Waals surface area contributed by atoms with Crippen LogP contribution in [0.1, 0.15) is 33.2 Å². The van der Waals surface area contributed by atoms with Crippen LogP contribution in [-0.2, 0) is 11.3 Å². The van der Waals surface area contributed by atoms with E-state index in [4.69, 9.17) is 9.94 Å². The molecule has 1 aromatic carbocycles. The zero-order valence-corrected chi connectivity index (χ0v) is 10.1. The third kappa shape index (κ3) is 3.29. The highest BCUT2D eigenvalue weighted by Gasteiger charge is 2.15. The molecule has 0 unspecified atom stereocenters. The summed E-state index contributed by atoms with van der Waals surface area (Å²) in [6.07, 6.45) is 0.568. The van der Waals surface area contributed by atoms with Crippen molar-refractivity contribution >= 4 is 11.9 Å². The lowest BCUT2D eigenvalue weighted by molar-refractivity contribution is -0.0714. The van der Waals surface area contributed by atoms with Gasteiger partial charge >= 0.3 is 11.9 Å². The van der Waals surface area contributed by atoms with Crippen LogP contribution in [0.5, 0.6) is 0 Å². The second-order valence-corrected chi connectivity index (χ2v) is 3.72. The topological polar surface area (TPSA) is 66.8 Å². The van der Waals surface area contributed by atoms with Crippen molar-refractivity contribution in [1.82, 2.24) is 5.06 Å². The molecule has 92 valence electrons. The molecule has 5 heteroatoms. The lowest BCUT2D eigenvalue weighted by Crippen LogP contribution is -2.19. The highest BCUT2D eigenvalue weighted by atomic mass is 16.7. The molecule has 0 aliphatic heterocycles. The van der Waals surface area contributed by atoms with Gasteiger partial charge in [-0.1, -0.05) is 6.92 Å². The minimum absolute atomic E-state index is 0.170. The molecular weight excluding hydrogens is 222 g/mol. The molecule has 17 heavy (non-hydrogen) atoms. The van der Waals surface area contributed by atoms with Crippen LogP contribution < -0.4 is 0 Å². The molecule has 1 rings (SSSR count). The number of carbonyl (C=O) groups excluding carboxylic acids is 1. The van der Waals surface area contributed by atoms with Gasteiger partial charge in [0, 0.05) is 14.1 Å². The summed E-state index contributed by atoms with van der Waals surface area (Å²) >= 11 is 0. The van der Waals surface area contributed by atoms with Gasteiger partial charge in [0.05, 0.1) is 11.1 Å². The Balaban J connectivity index is 3.08. The Morgan fingerprint density at radius 2 is 2.00 bits per heavy atom. The maximum absolute atomic E-state index is 11.7. The Hall–Kier alpha value is -1.88. The number of aromatic carboxylic acids is 1. The normalized spacial score (nSPS) is 10.4. The van der Waals surface area contributed by atoms with Gasteiger partial charge in [0.15, 0.2) is 0 Å². The van der Waals surface area contributed by atoms with Gasteiger partial charge in [-0.2, -0.15) is 0 Å². The summed E-state index contributed by atoms with van der Waals surface area (Å²) in [7, 11) is 3.21. The summed E-state index contributed by atoms with van der Waals surface area (Å²) in [6, 6.07) is 4.37. The van der Waals surface area contributed by atoms with Crippen LogP contribution in [0.3, 0.4) is 0 Å². The molecule has 0 bridgehead atoms. The summed E-state index contributed by atoms with van der Waals surface area (Å²) in [5.41, 5.74) is 1.23. The van der Waals surface area contributed by atoms with Gasteiger partial charge in [-0.05, 0) is 30.2 Å². The van der Waals surface area contributed by atoms with E-state index in [1.807, 2.05) is 6.92 Å². The van der Waals surface area contributed by atoms with Crippen LogP contribution in [-0.4, -0.2) is 36.2 Å². The Morgan fingerprint density at radius 3 is 2.47 bits per heavy atom. The quantitative estimate of drug-likeness (QED) is 0.805. The molecule has 0 fully saturated rings. The number of rotatable bonds is 4. The van der Waals surface area contributed by atoms with E-state index in [0.717, 1.165) is 0 Å². The van der Waals surface area contributed by atoms with E-state index in [1.165, 1.54) is 23.3 Å². The predicted octanol–water partition coefficient (Wildman–Crippen LogP) is 1.58. The van der Waals surface area contributed by atoms with Gasteiger partial charge in [-0.25, -0.2) is 9.59 Å². The van der Waals surface area contributed by atoms with Crippen LogP contribution in [0.25, 0.3) is 0 Å². The highest BCUT2D eigenvalue weighted by molar-refractivity contribution is 5.94. The van der Waals surface area contributed by atoms with Crippen LogP contribution in [0.15, 0.2) is 18.2 Å². The van der Waals surface area contributed by atoms with E-state index >= 15 is 0 Å². The highest BCUT2D eigenvalue weighted by Crippen LogP contribution is 2.14. The number of aryl methyl sites for hydroxylation is 1. The van der Waals surface area contributed by atoms with Crippen molar-refractivity contribution in [1.29, 1.82) is 0 Å². The Bertz CT molecular complexity index is 440. The molecule has 0 aliphatic carbocycles. The molecule has 5 nitrogen and oxygen atoms in total. The van der Waals surface area contributed by atoms with Gasteiger partial charge in [0.1, 0.15) is 0 Å². The van der Waals surface area contributed by atoms with Crippen molar-refractivity contribution in [3.8, 4) is 0 Å². The minimum atomic E-state index is -1.01. The van der Waals surface area contributed by atoms with Crippen molar-refractivity contribution in [2.45, 2.75) is 13.3 Å². The second kappa shape index (κ2) is 5.45. The van der Waals surface area contributed by atoms with E-state index in [2.05, 4.69) is 0 Å². The average molecular weight is 237 g/mol. The van der Waals surface area contributed by atoms with Crippen molar-refractivity contribution in [3.63, 3.8) is 0 Å². The molecule has 0 radical (unpaired) electrons. The Kier molecular flexibility index (Phi) is 4.23. The van der Waals surface area contributed by atoms with Crippen molar-refractivity contribution in [3.05, 3.63) is 34.9 Å². The minimum Gasteiger partial charge on any atom is -0.478 e. The standard InChI is InChI=1S/C12H15NO4/c1-4-8-7-9(11(14)15)5-6-10(8)12(16)17-13(2)3/h5-7H,4H2,1-3H3,(H,14,15). The van der Waals surface area contributed by atoms with Crippen molar-refractivity contribution < 1.29 is 19.5 Å². The van der Waals surface area contributed by atoms with Crippen LogP contribution in [0, 0.1) is 0 Å². The summed E-state index contributed by atoms with van der Waals surface area (Å²) in [6.45, 7) is 1.85. The molecule has 1 aromatic rings. The van der Waals surface area contributed by atoms with Gasteiger partial charge in [0.25, 0.3) is 0 Å². The van der Waals surface area contributed by atoms with Crippen LogP contribution in [0.4, 0.5) is 0 Å². The number of carbonyl (C=O) groups is 2. The number of nitrogens with zero attached hydrogens (tertiary/aromatic N) is 1. The number of hydrogen-bond donors (Lipinski definition) is 1. The first-order valence-corrected chi connectivity index (χ1v) is 5.21. The molecule has 0 saturated heterocycles. The Morgan fingerprint density at radius 1 is 1.35 bits per heavy atom. The molecular formula is C12H15NO4. The van der Waals surface area contributed by atoms with E-state index in [0.29, 0.717) is 17.5 Å². The molecule has 1 N–H and O–H groups in total. The van der Waals surface area contributed by atoms with Gasteiger partial charge < -0.3 is 9.94 Å². The maximum atomic E-state index is 11.7. The third-order valence-electron chi connectivity index (χ3n) is 2.22. The van der Waals surface area contributed by atoms with Crippen molar-refractivity contribution in [2.75, 3.05) is 14.1 Å². The lowest BCUT2D eigenvalue weighted by atomic mass is 10.0. The molecule has 0 atom stereocenters. The second-order valence-electron chi connectivity index (χ2n) is 3.72. The monoisotopic (exact) mass is 237 g/mol. The number of hydrogen-bond acceptors (Lipinski definition) is 4. The molecule has 0 aliphatic rings. The summed E-state index contributed by atoms with van der Waals surface area (Å²) in [4.78, 5) is 27.4. The zero-order valence-electron chi connectivity index (χ0n) is 10.1.